The number of aromatic nitrogens is 2. The predicted octanol–water partition coefficient (Wildman–Crippen LogP) is 0.937. The van der Waals surface area contributed by atoms with Crippen LogP contribution in [0.25, 0.3) is 0 Å². The zero-order chi connectivity index (χ0) is 13.2. The van der Waals surface area contributed by atoms with Crippen molar-refractivity contribution in [3.05, 3.63) is 18.2 Å². The molecule has 0 atom stereocenters. The fraction of sp³-hybridized carbons (Fsp3) is 0.583. The topological polar surface area (TPSA) is 84.2 Å². The van der Waals surface area contributed by atoms with Crippen LogP contribution in [0.4, 0.5) is 0 Å². The molecule has 2 rings (SSSR count). The summed E-state index contributed by atoms with van der Waals surface area (Å²) in [7, 11) is 1.74. The molecule has 0 saturated heterocycles. The second-order valence-electron chi connectivity index (χ2n) is 4.90. The minimum Gasteiger partial charge on any atom is -0.481 e. The normalized spacial score (nSPS) is 17.6. The van der Waals surface area contributed by atoms with E-state index in [0.717, 1.165) is 25.7 Å². The van der Waals surface area contributed by atoms with Gasteiger partial charge in [0, 0.05) is 7.05 Å². The zero-order valence-corrected chi connectivity index (χ0v) is 10.3. The van der Waals surface area contributed by atoms with Gasteiger partial charge in [-0.3, -0.25) is 9.59 Å². The second kappa shape index (κ2) is 4.80. The highest BCUT2D eigenvalue weighted by atomic mass is 16.4. The Hall–Kier alpha value is -1.85. The van der Waals surface area contributed by atoms with Crippen molar-refractivity contribution >= 4 is 11.9 Å². The molecule has 6 heteroatoms. The van der Waals surface area contributed by atoms with Gasteiger partial charge in [0.1, 0.15) is 5.69 Å². The van der Waals surface area contributed by atoms with Crippen LogP contribution in [0.15, 0.2) is 12.5 Å². The number of hydrogen-bond acceptors (Lipinski definition) is 3. The molecule has 0 radical (unpaired) electrons. The maximum atomic E-state index is 12.1. The van der Waals surface area contributed by atoms with Crippen LogP contribution in [0.5, 0.6) is 0 Å². The third-order valence-electron chi connectivity index (χ3n) is 3.48. The van der Waals surface area contributed by atoms with E-state index in [2.05, 4.69) is 10.3 Å². The first-order chi connectivity index (χ1) is 8.52. The molecule has 1 saturated carbocycles. The summed E-state index contributed by atoms with van der Waals surface area (Å²) in [5.41, 5.74) is -0.139. The smallest absolute Gasteiger partial charge is 0.305 e. The molecule has 0 spiro atoms. The number of aryl methyl sites for hydroxylation is 1. The van der Waals surface area contributed by atoms with E-state index in [-0.39, 0.29) is 12.3 Å². The number of nitrogens with zero attached hydrogens (tertiary/aromatic N) is 2. The number of carboxylic acid groups (broad SMARTS) is 1. The number of aliphatic carboxylic acids is 1. The van der Waals surface area contributed by atoms with Gasteiger partial charge in [-0.05, 0) is 12.8 Å². The monoisotopic (exact) mass is 251 g/mol. The van der Waals surface area contributed by atoms with Crippen LogP contribution >= 0.6 is 0 Å². The summed E-state index contributed by atoms with van der Waals surface area (Å²) >= 11 is 0. The first-order valence-electron chi connectivity index (χ1n) is 6.03. The standard InChI is InChI=1S/C12H17N3O3/c1-15-8-13-7-9(15)11(18)14-12(6-10(16)17)4-2-3-5-12/h7-8H,2-6H2,1H3,(H,14,18)(H,16,17). The van der Waals surface area contributed by atoms with Crippen molar-refractivity contribution in [2.24, 2.45) is 7.05 Å². The third-order valence-corrected chi connectivity index (χ3v) is 3.48. The Morgan fingerprint density at radius 2 is 2.17 bits per heavy atom. The molecular formula is C12H17N3O3. The molecule has 0 unspecified atom stereocenters. The lowest BCUT2D eigenvalue weighted by Gasteiger charge is -2.28. The fourth-order valence-electron chi connectivity index (χ4n) is 2.57. The third kappa shape index (κ3) is 2.52. The van der Waals surface area contributed by atoms with Crippen molar-refractivity contribution < 1.29 is 14.7 Å². The summed E-state index contributed by atoms with van der Waals surface area (Å²) in [6.07, 6.45) is 6.38. The Morgan fingerprint density at radius 3 is 2.67 bits per heavy atom. The minimum absolute atomic E-state index is 0.0173. The molecule has 1 aromatic heterocycles. The van der Waals surface area contributed by atoms with Crippen LogP contribution in [0.1, 0.15) is 42.6 Å². The van der Waals surface area contributed by atoms with E-state index in [1.54, 1.807) is 17.9 Å². The van der Waals surface area contributed by atoms with Gasteiger partial charge in [-0.2, -0.15) is 0 Å². The highest BCUT2D eigenvalue weighted by Crippen LogP contribution is 2.32. The van der Waals surface area contributed by atoms with Crippen molar-refractivity contribution in [3.8, 4) is 0 Å². The van der Waals surface area contributed by atoms with Gasteiger partial charge in [-0.1, -0.05) is 12.8 Å². The van der Waals surface area contributed by atoms with Gasteiger partial charge in [-0.15, -0.1) is 0 Å². The molecule has 0 aliphatic heterocycles. The molecule has 1 heterocycles. The Balaban J connectivity index is 2.12. The Morgan fingerprint density at radius 1 is 1.50 bits per heavy atom. The molecule has 98 valence electrons. The number of carbonyl (C=O) groups is 2. The van der Waals surface area contributed by atoms with Gasteiger partial charge in [0.2, 0.25) is 0 Å². The Bertz CT molecular complexity index is 461. The molecule has 1 aromatic rings. The average Bonchev–Trinajstić information content (AvgIpc) is 2.86. The van der Waals surface area contributed by atoms with E-state index in [0.29, 0.717) is 5.69 Å². The van der Waals surface area contributed by atoms with Crippen molar-refractivity contribution in [3.63, 3.8) is 0 Å². The van der Waals surface area contributed by atoms with E-state index in [1.165, 1.54) is 6.20 Å². The van der Waals surface area contributed by atoms with Gasteiger partial charge in [0.05, 0.1) is 24.5 Å². The van der Waals surface area contributed by atoms with E-state index in [1.807, 2.05) is 0 Å². The highest BCUT2D eigenvalue weighted by molar-refractivity contribution is 5.93. The minimum atomic E-state index is -0.873. The summed E-state index contributed by atoms with van der Waals surface area (Å²) < 4.78 is 1.62. The fourth-order valence-corrected chi connectivity index (χ4v) is 2.57. The summed E-state index contributed by atoms with van der Waals surface area (Å²) in [4.78, 5) is 26.9. The number of carbonyl (C=O) groups excluding carboxylic acids is 1. The van der Waals surface area contributed by atoms with Crippen LogP contribution in [-0.2, 0) is 11.8 Å². The van der Waals surface area contributed by atoms with Crippen LogP contribution in [-0.4, -0.2) is 32.1 Å². The van der Waals surface area contributed by atoms with Crippen molar-refractivity contribution in [2.45, 2.75) is 37.6 Å². The average molecular weight is 251 g/mol. The van der Waals surface area contributed by atoms with Crippen LogP contribution < -0.4 is 5.32 Å². The molecule has 18 heavy (non-hydrogen) atoms. The second-order valence-corrected chi connectivity index (χ2v) is 4.90. The lowest BCUT2D eigenvalue weighted by atomic mass is 9.93. The summed E-state index contributed by atoms with van der Waals surface area (Å²) in [6, 6.07) is 0. The number of nitrogens with one attached hydrogen (secondary N) is 1. The van der Waals surface area contributed by atoms with Gasteiger partial charge in [0.15, 0.2) is 0 Å². The maximum absolute atomic E-state index is 12.1. The maximum Gasteiger partial charge on any atom is 0.305 e. The van der Waals surface area contributed by atoms with Crippen molar-refractivity contribution in [2.75, 3.05) is 0 Å². The van der Waals surface area contributed by atoms with Crippen LogP contribution in [0, 0.1) is 0 Å². The molecule has 6 nitrogen and oxygen atoms in total. The van der Waals surface area contributed by atoms with Crippen LogP contribution in [0.2, 0.25) is 0 Å². The summed E-state index contributed by atoms with van der Waals surface area (Å²) in [5.74, 6) is -1.12. The number of carboxylic acids is 1. The largest absolute Gasteiger partial charge is 0.481 e. The first-order valence-corrected chi connectivity index (χ1v) is 6.03. The number of hydrogen-bond donors (Lipinski definition) is 2. The lowest BCUT2D eigenvalue weighted by molar-refractivity contribution is -0.138. The first kappa shape index (κ1) is 12.6. The van der Waals surface area contributed by atoms with E-state index in [4.69, 9.17) is 5.11 Å². The van der Waals surface area contributed by atoms with E-state index >= 15 is 0 Å². The van der Waals surface area contributed by atoms with E-state index in [9.17, 15) is 9.59 Å². The van der Waals surface area contributed by atoms with Gasteiger partial charge < -0.3 is 15.0 Å². The van der Waals surface area contributed by atoms with Crippen LogP contribution in [0.3, 0.4) is 0 Å². The van der Waals surface area contributed by atoms with Gasteiger partial charge in [0.25, 0.3) is 5.91 Å². The zero-order valence-electron chi connectivity index (χ0n) is 10.3. The number of amides is 1. The Kier molecular flexibility index (Phi) is 3.36. The molecule has 1 aliphatic carbocycles. The Labute approximate surface area is 105 Å². The van der Waals surface area contributed by atoms with Crippen molar-refractivity contribution in [1.29, 1.82) is 0 Å². The lowest BCUT2D eigenvalue weighted by Crippen LogP contribution is -2.48. The van der Waals surface area contributed by atoms with Crippen molar-refractivity contribution in [1.82, 2.24) is 14.9 Å². The molecule has 1 amide bonds. The predicted molar refractivity (Wildman–Crippen MR) is 64.1 cm³/mol. The molecule has 1 fully saturated rings. The summed E-state index contributed by atoms with van der Waals surface area (Å²) in [5, 5.41) is 11.9. The van der Waals surface area contributed by atoms with Gasteiger partial charge in [-0.25, -0.2) is 4.98 Å². The molecule has 2 N–H and O–H groups in total. The highest BCUT2D eigenvalue weighted by Gasteiger charge is 2.37. The molecule has 1 aliphatic rings. The number of rotatable bonds is 4. The van der Waals surface area contributed by atoms with Gasteiger partial charge >= 0.3 is 5.97 Å². The SMILES string of the molecule is Cn1cncc1C(=O)NC1(CC(=O)O)CCCC1. The quantitative estimate of drug-likeness (QED) is 0.834. The van der Waals surface area contributed by atoms with E-state index < -0.39 is 11.5 Å². The summed E-state index contributed by atoms with van der Waals surface area (Å²) in [6.45, 7) is 0. The molecule has 0 aromatic carbocycles. The number of imidazole rings is 1. The molecular weight excluding hydrogens is 234 g/mol. The molecule has 0 bridgehead atoms.